The molecule has 0 aliphatic carbocycles. The SMILES string of the molecule is CCOc1ccc([C@@H]2C(C(=O)c3cccs3)=C(O)C(=O)N2CCN(CC)CC)cc1OC. The fourth-order valence-corrected chi connectivity index (χ4v) is 4.60. The van der Waals surface area contributed by atoms with E-state index in [0.717, 1.165) is 13.1 Å². The minimum absolute atomic E-state index is 0.100. The van der Waals surface area contributed by atoms with Crippen LogP contribution < -0.4 is 9.47 Å². The Labute approximate surface area is 192 Å². The zero-order valence-corrected chi connectivity index (χ0v) is 19.8. The number of ether oxygens (including phenoxy) is 2. The number of methoxy groups -OCH3 is 1. The highest BCUT2D eigenvalue weighted by molar-refractivity contribution is 7.12. The predicted molar refractivity (Wildman–Crippen MR) is 125 cm³/mol. The predicted octanol–water partition coefficient (Wildman–Crippen LogP) is 4.08. The number of hydrogen-bond donors (Lipinski definition) is 1. The van der Waals surface area contributed by atoms with Crippen LogP contribution in [0.3, 0.4) is 0 Å². The summed E-state index contributed by atoms with van der Waals surface area (Å²) >= 11 is 1.28. The van der Waals surface area contributed by atoms with Crippen molar-refractivity contribution in [2.45, 2.75) is 26.8 Å². The number of likely N-dealkylation sites (N-methyl/N-ethyl adjacent to an activating group) is 1. The zero-order valence-electron chi connectivity index (χ0n) is 19.0. The Hall–Kier alpha value is -2.84. The summed E-state index contributed by atoms with van der Waals surface area (Å²) in [6.45, 7) is 9.20. The Morgan fingerprint density at radius 2 is 1.94 bits per heavy atom. The van der Waals surface area contributed by atoms with E-state index in [4.69, 9.17) is 9.47 Å². The molecule has 1 aromatic heterocycles. The lowest BCUT2D eigenvalue weighted by Crippen LogP contribution is -2.38. The van der Waals surface area contributed by atoms with Crippen LogP contribution in [0.1, 0.15) is 42.0 Å². The van der Waals surface area contributed by atoms with Crippen molar-refractivity contribution in [3.8, 4) is 11.5 Å². The number of ketones is 1. The van der Waals surface area contributed by atoms with Gasteiger partial charge in [0.25, 0.3) is 5.91 Å². The molecule has 3 rings (SSSR count). The first-order valence-corrected chi connectivity index (χ1v) is 11.7. The lowest BCUT2D eigenvalue weighted by Gasteiger charge is -2.29. The summed E-state index contributed by atoms with van der Waals surface area (Å²) in [6.07, 6.45) is 0. The van der Waals surface area contributed by atoms with Gasteiger partial charge in [0, 0.05) is 13.1 Å². The zero-order chi connectivity index (χ0) is 23.3. The molecule has 7 nitrogen and oxygen atoms in total. The van der Waals surface area contributed by atoms with Crippen LogP contribution >= 0.6 is 11.3 Å². The van der Waals surface area contributed by atoms with Crippen molar-refractivity contribution < 1.29 is 24.2 Å². The van der Waals surface area contributed by atoms with E-state index in [1.807, 2.05) is 13.0 Å². The van der Waals surface area contributed by atoms with Gasteiger partial charge in [-0.2, -0.15) is 0 Å². The summed E-state index contributed by atoms with van der Waals surface area (Å²) in [7, 11) is 1.55. The van der Waals surface area contributed by atoms with Crippen molar-refractivity contribution in [1.29, 1.82) is 0 Å². The number of amides is 1. The van der Waals surface area contributed by atoms with Crippen LogP contribution in [-0.4, -0.2) is 66.5 Å². The van der Waals surface area contributed by atoms with Crippen molar-refractivity contribution in [3.05, 3.63) is 57.5 Å². The second-order valence-electron chi connectivity index (χ2n) is 7.34. The molecule has 0 radical (unpaired) electrons. The number of aliphatic hydroxyl groups excluding tert-OH is 1. The number of Topliss-reactive ketones (excluding diaryl/α,β-unsaturated/α-hetero) is 1. The first-order valence-electron chi connectivity index (χ1n) is 10.8. The van der Waals surface area contributed by atoms with Crippen molar-refractivity contribution in [2.24, 2.45) is 0 Å². The minimum atomic E-state index is -0.711. The third-order valence-electron chi connectivity index (χ3n) is 5.65. The van der Waals surface area contributed by atoms with Crippen molar-refractivity contribution in [3.63, 3.8) is 0 Å². The third-order valence-corrected chi connectivity index (χ3v) is 6.52. The van der Waals surface area contributed by atoms with Gasteiger partial charge in [-0.3, -0.25) is 9.59 Å². The maximum atomic E-state index is 13.3. The summed E-state index contributed by atoms with van der Waals surface area (Å²) < 4.78 is 11.1. The molecule has 172 valence electrons. The molecule has 2 aromatic rings. The van der Waals surface area contributed by atoms with E-state index in [-0.39, 0.29) is 11.4 Å². The molecule has 2 heterocycles. The van der Waals surface area contributed by atoms with Crippen LogP contribution in [0.15, 0.2) is 47.0 Å². The highest BCUT2D eigenvalue weighted by atomic mass is 32.1. The van der Waals surface area contributed by atoms with Crippen molar-refractivity contribution in [2.75, 3.05) is 39.9 Å². The normalized spacial score (nSPS) is 16.2. The van der Waals surface area contributed by atoms with Crippen LogP contribution in [0.25, 0.3) is 0 Å². The smallest absolute Gasteiger partial charge is 0.290 e. The molecule has 1 aromatic carbocycles. The lowest BCUT2D eigenvalue weighted by molar-refractivity contribution is -0.129. The highest BCUT2D eigenvalue weighted by Crippen LogP contribution is 2.42. The van der Waals surface area contributed by atoms with Gasteiger partial charge < -0.3 is 24.4 Å². The van der Waals surface area contributed by atoms with E-state index in [9.17, 15) is 14.7 Å². The number of rotatable bonds is 11. The van der Waals surface area contributed by atoms with Gasteiger partial charge in [0.05, 0.1) is 30.2 Å². The number of benzene rings is 1. The molecule has 1 N–H and O–H groups in total. The Kier molecular flexibility index (Phi) is 7.93. The van der Waals surface area contributed by atoms with Crippen LogP contribution in [0.2, 0.25) is 0 Å². The van der Waals surface area contributed by atoms with E-state index in [0.29, 0.717) is 41.6 Å². The largest absolute Gasteiger partial charge is 0.503 e. The molecule has 0 bridgehead atoms. The first-order chi connectivity index (χ1) is 15.5. The Morgan fingerprint density at radius 1 is 1.19 bits per heavy atom. The average molecular weight is 459 g/mol. The molecule has 0 saturated heterocycles. The number of nitrogens with zero attached hydrogens (tertiary/aromatic N) is 2. The topological polar surface area (TPSA) is 79.3 Å². The molecule has 1 aliphatic rings. The second kappa shape index (κ2) is 10.7. The second-order valence-corrected chi connectivity index (χ2v) is 8.29. The molecule has 32 heavy (non-hydrogen) atoms. The van der Waals surface area contributed by atoms with E-state index < -0.39 is 17.7 Å². The monoisotopic (exact) mass is 458 g/mol. The van der Waals surface area contributed by atoms with Gasteiger partial charge >= 0.3 is 0 Å². The molecular formula is C24H30N2O5S. The molecular weight excluding hydrogens is 428 g/mol. The maximum absolute atomic E-state index is 13.3. The summed E-state index contributed by atoms with van der Waals surface area (Å²) in [6, 6.07) is 8.13. The Balaban J connectivity index is 2.05. The molecule has 1 aliphatic heterocycles. The number of thiophene rings is 1. The van der Waals surface area contributed by atoms with E-state index in [2.05, 4.69) is 18.7 Å². The first kappa shape index (κ1) is 23.8. The summed E-state index contributed by atoms with van der Waals surface area (Å²) in [5, 5.41) is 12.6. The van der Waals surface area contributed by atoms with Crippen molar-refractivity contribution >= 4 is 23.0 Å². The number of carbonyl (C=O) groups excluding carboxylic acids is 2. The van der Waals surface area contributed by atoms with Gasteiger partial charge in [-0.05, 0) is 49.2 Å². The quantitative estimate of drug-likeness (QED) is 0.511. The number of hydrogen-bond acceptors (Lipinski definition) is 7. The van der Waals surface area contributed by atoms with Crippen molar-refractivity contribution in [1.82, 2.24) is 9.80 Å². The highest BCUT2D eigenvalue weighted by Gasteiger charge is 2.44. The van der Waals surface area contributed by atoms with Gasteiger partial charge in [-0.25, -0.2) is 0 Å². The summed E-state index contributed by atoms with van der Waals surface area (Å²) in [5.41, 5.74) is 0.783. The number of aliphatic hydroxyl groups is 1. The fraction of sp³-hybridized carbons (Fsp3) is 0.417. The Bertz CT molecular complexity index is 982. The maximum Gasteiger partial charge on any atom is 0.290 e. The van der Waals surface area contributed by atoms with E-state index in [1.54, 1.807) is 41.7 Å². The van der Waals surface area contributed by atoms with Gasteiger partial charge in [0.15, 0.2) is 17.3 Å². The fourth-order valence-electron chi connectivity index (χ4n) is 3.92. The molecule has 8 heteroatoms. The van der Waals surface area contributed by atoms with Crippen LogP contribution in [0.5, 0.6) is 11.5 Å². The van der Waals surface area contributed by atoms with Gasteiger partial charge in [-0.1, -0.05) is 26.0 Å². The minimum Gasteiger partial charge on any atom is -0.503 e. The van der Waals surface area contributed by atoms with E-state index in [1.165, 1.54) is 11.3 Å². The van der Waals surface area contributed by atoms with Gasteiger partial charge in [-0.15, -0.1) is 11.3 Å². The summed E-state index contributed by atoms with van der Waals surface area (Å²) in [5.74, 6) is -0.267. The standard InChI is InChI=1S/C24H30N2O5S/c1-5-25(6-2)12-13-26-21(16-10-11-17(31-7-3)18(15-16)30-4)20(23(28)24(26)29)22(27)19-9-8-14-32-19/h8-11,14-15,21,28H,5-7,12-13H2,1-4H3/t21-/m1/s1. The van der Waals surface area contributed by atoms with Crippen LogP contribution in [-0.2, 0) is 4.79 Å². The molecule has 1 atom stereocenters. The van der Waals surface area contributed by atoms with Crippen LogP contribution in [0, 0.1) is 0 Å². The van der Waals surface area contributed by atoms with Crippen LogP contribution in [0.4, 0.5) is 0 Å². The van der Waals surface area contributed by atoms with Gasteiger partial charge in [0.1, 0.15) is 0 Å². The molecule has 0 spiro atoms. The van der Waals surface area contributed by atoms with Gasteiger partial charge in [0.2, 0.25) is 5.78 Å². The summed E-state index contributed by atoms with van der Waals surface area (Å²) in [4.78, 5) is 30.6. The molecule has 0 unspecified atom stereocenters. The molecule has 1 amide bonds. The van der Waals surface area contributed by atoms with E-state index >= 15 is 0 Å². The molecule has 0 fully saturated rings. The molecule has 0 saturated carbocycles. The Morgan fingerprint density at radius 3 is 2.53 bits per heavy atom. The third kappa shape index (κ3) is 4.66. The lowest BCUT2D eigenvalue weighted by atomic mass is 9.95. The average Bonchev–Trinajstić information content (AvgIpc) is 3.43. The number of carbonyl (C=O) groups is 2.